The summed E-state index contributed by atoms with van der Waals surface area (Å²) in [6.07, 6.45) is 0. The van der Waals surface area contributed by atoms with Crippen molar-refractivity contribution in [3.63, 3.8) is 0 Å². The fourth-order valence-electron chi connectivity index (χ4n) is 1.36. The molecule has 1 aromatic rings. The van der Waals surface area contributed by atoms with E-state index in [0.29, 0.717) is 11.3 Å². The number of methoxy groups -OCH3 is 1. The molecular formula is C10H14BrNO3. The minimum atomic E-state index is -0.281. The molecule has 0 saturated heterocycles. The first-order valence-corrected chi connectivity index (χ1v) is 5.30. The zero-order valence-corrected chi connectivity index (χ0v) is 9.99. The maximum atomic E-state index is 9.83. The Labute approximate surface area is 96.8 Å². The van der Waals surface area contributed by atoms with Crippen LogP contribution in [-0.2, 0) is 0 Å². The van der Waals surface area contributed by atoms with Crippen molar-refractivity contribution in [2.24, 2.45) is 5.73 Å². The highest BCUT2D eigenvalue weighted by molar-refractivity contribution is 9.10. The highest BCUT2D eigenvalue weighted by Crippen LogP contribution is 2.37. The van der Waals surface area contributed by atoms with E-state index in [4.69, 9.17) is 15.6 Å². The van der Waals surface area contributed by atoms with Gasteiger partial charge in [-0.2, -0.15) is 0 Å². The fraction of sp³-hybridized carbons (Fsp3) is 0.400. The van der Waals surface area contributed by atoms with Crippen LogP contribution in [0.4, 0.5) is 0 Å². The van der Waals surface area contributed by atoms with Crippen molar-refractivity contribution in [3.05, 3.63) is 22.2 Å². The summed E-state index contributed by atoms with van der Waals surface area (Å²) in [6, 6.07) is 3.38. The van der Waals surface area contributed by atoms with Crippen LogP contribution in [0, 0.1) is 0 Å². The standard InChI is InChI=1S/C10H14BrNO3/c1-15-9-3-7(11)2-8(10(9)14)6(4-12)5-13/h2-3,6,13-14H,4-5,12H2,1H3. The molecule has 1 aromatic carbocycles. The summed E-state index contributed by atoms with van der Waals surface area (Å²) in [4.78, 5) is 0. The molecule has 5 heteroatoms. The Morgan fingerprint density at radius 2 is 2.20 bits per heavy atom. The molecular weight excluding hydrogens is 262 g/mol. The molecule has 0 fully saturated rings. The average molecular weight is 276 g/mol. The Bertz CT molecular complexity index is 340. The zero-order chi connectivity index (χ0) is 11.4. The monoisotopic (exact) mass is 275 g/mol. The van der Waals surface area contributed by atoms with E-state index in [1.807, 2.05) is 0 Å². The Balaban J connectivity index is 3.21. The molecule has 84 valence electrons. The van der Waals surface area contributed by atoms with Gasteiger partial charge in [-0.25, -0.2) is 0 Å². The predicted octanol–water partition coefficient (Wildman–Crippen LogP) is 1.20. The minimum absolute atomic E-state index is 0.0326. The number of benzene rings is 1. The lowest BCUT2D eigenvalue weighted by molar-refractivity contribution is 0.264. The van der Waals surface area contributed by atoms with Crippen LogP contribution in [0.1, 0.15) is 11.5 Å². The minimum Gasteiger partial charge on any atom is -0.504 e. The van der Waals surface area contributed by atoms with Gasteiger partial charge in [0.05, 0.1) is 13.7 Å². The number of phenols is 1. The fourth-order valence-corrected chi connectivity index (χ4v) is 1.82. The number of halogens is 1. The summed E-state index contributed by atoms with van der Waals surface area (Å²) in [6.45, 7) is 0.160. The molecule has 0 radical (unpaired) electrons. The second-order valence-electron chi connectivity index (χ2n) is 3.16. The Kier molecular flexibility index (Phi) is 4.38. The normalized spacial score (nSPS) is 12.5. The van der Waals surface area contributed by atoms with Crippen LogP contribution in [0.3, 0.4) is 0 Å². The summed E-state index contributed by atoms with van der Waals surface area (Å²) in [5.41, 5.74) is 6.09. The lowest BCUT2D eigenvalue weighted by atomic mass is 9.99. The summed E-state index contributed by atoms with van der Waals surface area (Å²) < 4.78 is 5.78. The van der Waals surface area contributed by atoms with Gasteiger partial charge >= 0.3 is 0 Å². The molecule has 0 aromatic heterocycles. The van der Waals surface area contributed by atoms with Crippen molar-refractivity contribution in [1.29, 1.82) is 0 Å². The molecule has 0 bridgehead atoms. The third kappa shape index (κ3) is 2.62. The van der Waals surface area contributed by atoms with Crippen molar-refractivity contribution in [3.8, 4) is 11.5 Å². The molecule has 15 heavy (non-hydrogen) atoms. The number of nitrogens with two attached hydrogens (primary N) is 1. The number of phenolic OH excluding ortho intramolecular Hbond substituents is 1. The second-order valence-corrected chi connectivity index (χ2v) is 4.08. The SMILES string of the molecule is COc1cc(Br)cc(C(CN)CO)c1O. The number of aliphatic hydroxyl groups excluding tert-OH is 1. The Morgan fingerprint density at radius 3 is 2.67 bits per heavy atom. The van der Waals surface area contributed by atoms with Crippen LogP contribution < -0.4 is 10.5 Å². The van der Waals surface area contributed by atoms with Crippen molar-refractivity contribution < 1.29 is 14.9 Å². The van der Waals surface area contributed by atoms with E-state index in [2.05, 4.69) is 15.9 Å². The predicted molar refractivity (Wildman–Crippen MR) is 61.2 cm³/mol. The maximum Gasteiger partial charge on any atom is 0.161 e. The zero-order valence-electron chi connectivity index (χ0n) is 8.40. The van der Waals surface area contributed by atoms with Crippen molar-refractivity contribution in [2.75, 3.05) is 20.3 Å². The van der Waals surface area contributed by atoms with Gasteiger partial charge in [0.1, 0.15) is 0 Å². The van der Waals surface area contributed by atoms with Gasteiger partial charge in [-0.3, -0.25) is 0 Å². The van der Waals surface area contributed by atoms with Crippen molar-refractivity contribution >= 4 is 15.9 Å². The Morgan fingerprint density at radius 1 is 1.53 bits per heavy atom. The summed E-state index contributed by atoms with van der Waals surface area (Å²) in [7, 11) is 1.47. The van der Waals surface area contributed by atoms with E-state index in [9.17, 15) is 5.11 Å². The van der Waals surface area contributed by atoms with Gasteiger partial charge in [0, 0.05) is 22.5 Å². The molecule has 0 saturated carbocycles. The van der Waals surface area contributed by atoms with Crippen LogP contribution in [0.5, 0.6) is 11.5 Å². The Hall–Kier alpha value is -0.780. The van der Waals surface area contributed by atoms with E-state index in [1.165, 1.54) is 7.11 Å². The summed E-state index contributed by atoms with van der Waals surface area (Å²) >= 11 is 3.30. The van der Waals surface area contributed by atoms with Gasteiger partial charge in [-0.15, -0.1) is 0 Å². The van der Waals surface area contributed by atoms with Crippen LogP contribution >= 0.6 is 15.9 Å². The first-order chi connectivity index (χ1) is 7.13. The second kappa shape index (κ2) is 5.34. The number of rotatable bonds is 4. The highest BCUT2D eigenvalue weighted by atomic mass is 79.9. The van der Waals surface area contributed by atoms with Gasteiger partial charge in [-0.1, -0.05) is 15.9 Å². The van der Waals surface area contributed by atoms with Crippen molar-refractivity contribution in [2.45, 2.75) is 5.92 Å². The third-order valence-electron chi connectivity index (χ3n) is 2.23. The average Bonchev–Trinajstić information content (AvgIpc) is 2.24. The topological polar surface area (TPSA) is 75.7 Å². The number of ether oxygens (including phenoxy) is 1. The third-order valence-corrected chi connectivity index (χ3v) is 2.69. The van der Waals surface area contributed by atoms with E-state index in [1.54, 1.807) is 12.1 Å². The maximum absolute atomic E-state index is 9.83. The molecule has 1 unspecified atom stereocenters. The van der Waals surface area contributed by atoms with E-state index in [-0.39, 0.29) is 24.8 Å². The van der Waals surface area contributed by atoms with E-state index >= 15 is 0 Å². The quantitative estimate of drug-likeness (QED) is 0.772. The smallest absolute Gasteiger partial charge is 0.161 e. The molecule has 0 heterocycles. The molecule has 0 spiro atoms. The molecule has 0 aliphatic carbocycles. The lowest BCUT2D eigenvalue weighted by Crippen LogP contribution is -2.16. The van der Waals surface area contributed by atoms with Gasteiger partial charge < -0.3 is 20.7 Å². The van der Waals surface area contributed by atoms with Gasteiger partial charge in [0.15, 0.2) is 11.5 Å². The highest BCUT2D eigenvalue weighted by Gasteiger charge is 2.17. The van der Waals surface area contributed by atoms with Crippen LogP contribution in [0.15, 0.2) is 16.6 Å². The molecule has 1 atom stereocenters. The number of hydrogen-bond donors (Lipinski definition) is 3. The summed E-state index contributed by atoms with van der Waals surface area (Å²) in [5, 5.41) is 18.9. The number of hydrogen-bond acceptors (Lipinski definition) is 4. The first kappa shape index (κ1) is 12.3. The number of aromatic hydroxyl groups is 1. The molecule has 0 aliphatic heterocycles. The van der Waals surface area contributed by atoms with Crippen LogP contribution in [-0.4, -0.2) is 30.5 Å². The molecule has 1 rings (SSSR count). The van der Waals surface area contributed by atoms with Crippen molar-refractivity contribution in [1.82, 2.24) is 0 Å². The van der Waals surface area contributed by atoms with Gasteiger partial charge in [0.25, 0.3) is 0 Å². The molecule has 4 N–H and O–H groups in total. The first-order valence-electron chi connectivity index (χ1n) is 4.51. The molecule has 4 nitrogen and oxygen atoms in total. The largest absolute Gasteiger partial charge is 0.504 e. The lowest BCUT2D eigenvalue weighted by Gasteiger charge is -2.16. The number of aliphatic hydroxyl groups is 1. The molecule has 0 amide bonds. The van der Waals surface area contributed by atoms with Crippen LogP contribution in [0.2, 0.25) is 0 Å². The van der Waals surface area contributed by atoms with Gasteiger partial charge in [0.2, 0.25) is 0 Å². The van der Waals surface area contributed by atoms with Gasteiger partial charge in [-0.05, 0) is 12.1 Å². The van der Waals surface area contributed by atoms with Crippen LogP contribution in [0.25, 0.3) is 0 Å². The summed E-state index contributed by atoms with van der Waals surface area (Å²) in [5.74, 6) is 0.118. The molecule has 0 aliphatic rings. The van der Waals surface area contributed by atoms with E-state index in [0.717, 1.165) is 4.47 Å². The van der Waals surface area contributed by atoms with E-state index < -0.39 is 0 Å².